The summed E-state index contributed by atoms with van der Waals surface area (Å²) in [6.07, 6.45) is 3.04. The first-order valence-corrected chi connectivity index (χ1v) is 4.13. The molecule has 13 heavy (non-hydrogen) atoms. The van der Waals surface area contributed by atoms with Crippen molar-refractivity contribution in [3.8, 4) is 5.75 Å². The molecule has 0 unspecified atom stereocenters. The molecule has 68 valence electrons. The predicted molar refractivity (Wildman–Crippen MR) is 51.9 cm³/mol. The average Bonchev–Trinajstić information content (AvgIpc) is 2.17. The van der Waals surface area contributed by atoms with Gasteiger partial charge in [0.25, 0.3) is 0 Å². The molecule has 0 aromatic heterocycles. The minimum Gasteiger partial charge on any atom is -0.490 e. The molecular weight excluding hydrogens is 164 g/mol. The summed E-state index contributed by atoms with van der Waals surface area (Å²) in [5.74, 6) is 0.801. The SMILES string of the molecule is C=CCOc1ccc(CC=O)cc1. The van der Waals surface area contributed by atoms with Gasteiger partial charge >= 0.3 is 0 Å². The summed E-state index contributed by atoms with van der Waals surface area (Å²) in [6.45, 7) is 4.06. The van der Waals surface area contributed by atoms with Crippen molar-refractivity contribution in [2.24, 2.45) is 0 Å². The summed E-state index contributed by atoms with van der Waals surface area (Å²) in [5, 5.41) is 0. The molecule has 0 atom stereocenters. The van der Waals surface area contributed by atoms with E-state index in [-0.39, 0.29) is 0 Å². The molecule has 2 nitrogen and oxygen atoms in total. The summed E-state index contributed by atoms with van der Waals surface area (Å²) < 4.78 is 5.28. The number of rotatable bonds is 5. The quantitative estimate of drug-likeness (QED) is 0.506. The van der Waals surface area contributed by atoms with Crippen molar-refractivity contribution in [1.29, 1.82) is 0 Å². The van der Waals surface area contributed by atoms with Crippen molar-refractivity contribution in [1.82, 2.24) is 0 Å². The number of carbonyl (C=O) groups excluding carboxylic acids is 1. The van der Waals surface area contributed by atoms with Gasteiger partial charge in [-0.05, 0) is 17.7 Å². The molecule has 0 saturated heterocycles. The Hall–Kier alpha value is -1.57. The molecule has 0 bridgehead atoms. The minimum atomic E-state index is 0.460. The molecule has 2 heteroatoms. The number of hydrogen-bond acceptors (Lipinski definition) is 2. The molecule has 1 aromatic rings. The second-order valence-corrected chi connectivity index (χ2v) is 2.61. The molecule has 1 aromatic carbocycles. The van der Waals surface area contributed by atoms with Gasteiger partial charge in [0.1, 0.15) is 18.6 Å². The first kappa shape index (κ1) is 9.52. The summed E-state index contributed by atoms with van der Waals surface area (Å²) in [6, 6.07) is 7.46. The molecule has 0 N–H and O–H groups in total. The number of ether oxygens (including phenoxy) is 1. The highest BCUT2D eigenvalue weighted by Crippen LogP contribution is 2.11. The molecule has 0 spiro atoms. The van der Waals surface area contributed by atoms with Crippen LogP contribution >= 0.6 is 0 Å². The van der Waals surface area contributed by atoms with Crippen LogP contribution in [0.15, 0.2) is 36.9 Å². The molecular formula is C11H12O2. The first-order chi connectivity index (χ1) is 6.36. The van der Waals surface area contributed by atoms with Crippen LogP contribution in [0.4, 0.5) is 0 Å². The smallest absolute Gasteiger partial charge is 0.124 e. The van der Waals surface area contributed by atoms with Crippen molar-refractivity contribution in [3.05, 3.63) is 42.5 Å². The number of benzene rings is 1. The van der Waals surface area contributed by atoms with Crippen LogP contribution in [0.3, 0.4) is 0 Å². The lowest BCUT2D eigenvalue weighted by Crippen LogP contribution is -1.93. The van der Waals surface area contributed by atoms with Crippen molar-refractivity contribution in [2.45, 2.75) is 6.42 Å². The van der Waals surface area contributed by atoms with Gasteiger partial charge in [-0.3, -0.25) is 0 Å². The Morgan fingerprint density at radius 1 is 1.31 bits per heavy atom. The Morgan fingerprint density at radius 2 is 2.00 bits per heavy atom. The van der Waals surface area contributed by atoms with E-state index in [0.717, 1.165) is 17.6 Å². The van der Waals surface area contributed by atoms with Crippen molar-refractivity contribution >= 4 is 6.29 Å². The zero-order valence-corrected chi connectivity index (χ0v) is 7.40. The monoisotopic (exact) mass is 176 g/mol. The molecule has 0 aliphatic heterocycles. The van der Waals surface area contributed by atoms with E-state index in [1.807, 2.05) is 24.3 Å². The maximum Gasteiger partial charge on any atom is 0.124 e. The van der Waals surface area contributed by atoms with E-state index in [1.165, 1.54) is 0 Å². The molecule has 0 aliphatic carbocycles. The fraction of sp³-hybridized carbons (Fsp3) is 0.182. The molecule has 0 amide bonds. The third kappa shape index (κ3) is 3.11. The predicted octanol–water partition coefficient (Wildman–Crippen LogP) is 1.99. The highest BCUT2D eigenvalue weighted by molar-refractivity contribution is 5.55. The maximum absolute atomic E-state index is 10.2. The fourth-order valence-electron chi connectivity index (χ4n) is 0.973. The van der Waals surface area contributed by atoms with Crippen LogP contribution in [0.1, 0.15) is 5.56 Å². The number of hydrogen-bond donors (Lipinski definition) is 0. The largest absolute Gasteiger partial charge is 0.490 e. The van der Waals surface area contributed by atoms with Crippen LogP contribution in [0.25, 0.3) is 0 Å². The molecule has 0 heterocycles. The fourth-order valence-corrected chi connectivity index (χ4v) is 0.973. The molecule has 0 fully saturated rings. The topological polar surface area (TPSA) is 26.3 Å². The highest BCUT2D eigenvalue weighted by Gasteiger charge is 1.93. The third-order valence-corrected chi connectivity index (χ3v) is 1.61. The Morgan fingerprint density at radius 3 is 2.54 bits per heavy atom. The van der Waals surface area contributed by atoms with Gasteiger partial charge in [-0.2, -0.15) is 0 Å². The normalized spacial score (nSPS) is 9.23. The first-order valence-electron chi connectivity index (χ1n) is 4.13. The summed E-state index contributed by atoms with van der Waals surface area (Å²) in [4.78, 5) is 10.2. The summed E-state index contributed by atoms with van der Waals surface area (Å²) in [7, 11) is 0. The van der Waals surface area contributed by atoms with Gasteiger partial charge in [0.15, 0.2) is 0 Å². The molecule has 0 radical (unpaired) electrons. The van der Waals surface area contributed by atoms with Crippen molar-refractivity contribution in [3.63, 3.8) is 0 Å². The zero-order valence-electron chi connectivity index (χ0n) is 7.40. The van der Waals surface area contributed by atoms with Crippen LogP contribution in [0, 0.1) is 0 Å². The van der Waals surface area contributed by atoms with Crippen molar-refractivity contribution in [2.75, 3.05) is 6.61 Å². The van der Waals surface area contributed by atoms with Gasteiger partial charge in [-0.25, -0.2) is 0 Å². The molecule has 1 rings (SSSR count). The van der Waals surface area contributed by atoms with Crippen LogP contribution in [-0.2, 0) is 11.2 Å². The zero-order chi connectivity index (χ0) is 9.52. The van der Waals surface area contributed by atoms with E-state index in [0.29, 0.717) is 13.0 Å². The van der Waals surface area contributed by atoms with E-state index in [4.69, 9.17) is 4.74 Å². The molecule has 0 aliphatic rings. The lowest BCUT2D eigenvalue weighted by molar-refractivity contribution is -0.107. The van der Waals surface area contributed by atoms with Crippen LogP contribution in [0.5, 0.6) is 5.75 Å². The van der Waals surface area contributed by atoms with E-state index in [1.54, 1.807) is 6.08 Å². The maximum atomic E-state index is 10.2. The highest BCUT2D eigenvalue weighted by atomic mass is 16.5. The van der Waals surface area contributed by atoms with Gasteiger partial charge in [0.05, 0.1) is 0 Å². The van der Waals surface area contributed by atoms with Gasteiger partial charge < -0.3 is 9.53 Å². The minimum absolute atomic E-state index is 0.460. The lowest BCUT2D eigenvalue weighted by atomic mass is 10.2. The van der Waals surface area contributed by atoms with Gasteiger partial charge in [-0.15, -0.1) is 0 Å². The van der Waals surface area contributed by atoms with Crippen LogP contribution in [-0.4, -0.2) is 12.9 Å². The second kappa shape index (κ2) is 5.14. The van der Waals surface area contributed by atoms with Crippen molar-refractivity contribution < 1.29 is 9.53 Å². The molecule has 0 saturated carbocycles. The average molecular weight is 176 g/mol. The summed E-state index contributed by atoms with van der Waals surface area (Å²) >= 11 is 0. The van der Waals surface area contributed by atoms with Crippen LogP contribution < -0.4 is 4.74 Å². The van der Waals surface area contributed by atoms with Gasteiger partial charge in [-0.1, -0.05) is 24.8 Å². The Bertz CT molecular complexity index is 275. The van der Waals surface area contributed by atoms with Gasteiger partial charge in [0.2, 0.25) is 0 Å². The summed E-state index contributed by atoms with van der Waals surface area (Å²) in [5.41, 5.74) is 1.00. The third-order valence-electron chi connectivity index (χ3n) is 1.61. The Labute approximate surface area is 77.8 Å². The van der Waals surface area contributed by atoms with E-state index < -0.39 is 0 Å². The standard InChI is InChI=1S/C11H12O2/c1-2-9-13-11-5-3-10(4-6-11)7-8-12/h2-6,8H,1,7,9H2. The van der Waals surface area contributed by atoms with Crippen LogP contribution in [0.2, 0.25) is 0 Å². The number of carbonyl (C=O) groups is 1. The van der Waals surface area contributed by atoms with E-state index >= 15 is 0 Å². The van der Waals surface area contributed by atoms with Gasteiger partial charge in [0, 0.05) is 6.42 Å². The second-order valence-electron chi connectivity index (χ2n) is 2.61. The van der Waals surface area contributed by atoms with E-state index in [2.05, 4.69) is 6.58 Å². The lowest BCUT2D eigenvalue weighted by Gasteiger charge is -2.02. The Kier molecular flexibility index (Phi) is 3.76. The number of aldehydes is 1. The van der Waals surface area contributed by atoms with E-state index in [9.17, 15) is 4.79 Å². The Balaban J connectivity index is 2.58.